The first-order valence-electron chi connectivity index (χ1n) is 11.4. The molecule has 0 saturated carbocycles. The Morgan fingerprint density at radius 2 is 1.55 bits per heavy atom. The van der Waals surface area contributed by atoms with Crippen molar-refractivity contribution in [2.45, 2.75) is 64.3 Å². The molecule has 33 heavy (non-hydrogen) atoms. The molecule has 1 fully saturated rings. The summed E-state index contributed by atoms with van der Waals surface area (Å²) in [5, 5.41) is 14.8. The second kappa shape index (κ2) is 14.3. The Bertz CT molecular complexity index is 762. The van der Waals surface area contributed by atoms with Crippen LogP contribution in [0, 0.1) is 0 Å². The molecule has 1 aromatic rings. The molecule has 0 aliphatic carbocycles. The zero-order chi connectivity index (χ0) is 24.9. The van der Waals surface area contributed by atoms with E-state index in [1.165, 1.54) is 32.8 Å². The number of benzene rings is 1. The normalized spacial score (nSPS) is 15.0. The molecule has 2 rings (SSSR count). The monoisotopic (exact) mass is 464 g/mol. The smallest absolute Gasteiger partial charge is 0.414 e. The SMILES string of the molecule is CCCCCCN1CCC(C(=O)OC)(N(C(=O)CC)c2ccccc2)CC1.O=C(O)C(=O)O. The second-order valence-corrected chi connectivity index (χ2v) is 7.95. The van der Waals surface area contributed by atoms with E-state index in [-0.39, 0.29) is 11.9 Å². The van der Waals surface area contributed by atoms with Gasteiger partial charge in [-0.05, 0) is 37.9 Å². The minimum Gasteiger partial charge on any atom is -0.473 e. The van der Waals surface area contributed by atoms with E-state index in [2.05, 4.69) is 11.8 Å². The lowest BCUT2D eigenvalue weighted by Gasteiger charge is -2.46. The van der Waals surface area contributed by atoms with Crippen LogP contribution in [0.2, 0.25) is 0 Å². The van der Waals surface area contributed by atoms with E-state index >= 15 is 0 Å². The van der Waals surface area contributed by atoms with Gasteiger partial charge in [-0.3, -0.25) is 9.69 Å². The van der Waals surface area contributed by atoms with Crippen molar-refractivity contribution in [1.29, 1.82) is 0 Å². The van der Waals surface area contributed by atoms with Gasteiger partial charge in [-0.25, -0.2) is 14.4 Å². The lowest BCUT2D eigenvalue weighted by Crippen LogP contribution is -2.62. The highest BCUT2D eigenvalue weighted by Gasteiger charge is 2.49. The molecular weight excluding hydrogens is 428 g/mol. The zero-order valence-corrected chi connectivity index (χ0v) is 19.8. The van der Waals surface area contributed by atoms with Crippen molar-refractivity contribution in [3.05, 3.63) is 30.3 Å². The average Bonchev–Trinajstić information content (AvgIpc) is 2.83. The maximum Gasteiger partial charge on any atom is 0.414 e. The van der Waals surface area contributed by atoms with Gasteiger partial charge in [0.15, 0.2) is 0 Å². The van der Waals surface area contributed by atoms with Gasteiger partial charge in [-0.15, -0.1) is 0 Å². The summed E-state index contributed by atoms with van der Waals surface area (Å²) in [5.74, 6) is -3.99. The van der Waals surface area contributed by atoms with Crippen LogP contribution in [0.5, 0.6) is 0 Å². The highest BCUT2D eigenvalue weighted by molar-refractivity contribution is 6.27. The molecule has 0 unspecified atom stereocenters. The van der Waals surface area contributed by atoms with E-state index in [9.17, 15) is 9.59 Å². The molecule has 9 heteroatoms. The molecule has 1 aromatic carbocycles. The molecule has 184 valence electrons. The number of hydrogen-bond acceptors (Lipinski definition) is 6. The Hall–Kier alpha value is -2.94. The Balaban J connectivity index is 0.000000801. The summed E-state index contributed by atoms with van der Waals surface area (Å²) < 4.78 is 5.19. The average molecular weight is 465 g/mol. The fraction of sp³-hybridized carbons (Fsp3) is 0.583. The second-order valence-electron chi connectivity index (χ2n) is 7.95. The summed E-state index contributed by atoms with van der Waals surface area (Å²) in [6, 6.07) is 9.52. The summed E-state index contributed by atoms with van der Waals surface area (Å²) in [6.45, 7) is 6.73. The van der Waals surface area contributed by atoms with Crippen LogP contribution in [0.25, 0.3) is 0 Å². The van der Waals surface area contributed by atoms with Gasteiger partial charge >= 0.3 is 17.9 Å². The van der Waals surface area contributed by atoms with Gasteiger partial charge in [0.2, 0.25) is 5.91 Å². The van der Waals surface area contributed by atoms with Crippen molar-refractivity contribution >= 4 is 29.5 Å². The van der Waals surface area contributed by atoms with Crippen LogP contribution in [0.3, 0.4) is 0 Å². The van der Waals surface area contributed by atoms with Gasteiger partial charge in [0.25, 0.3) is 0 Å². The van der Waals surface area contributed by atoms with Gasteiger partial charge in [0, 0.05) is 25.2 Å². The lowest BCUT2D eigenvalue weighted by atomic mass is 9.84. The number of carbonyl (C=O) groups excluding carboxylic acids is 2. The number of nitrogens with zero attached hydrogens (tertiary/aromatic N) is 2. The van der Waals surface area contributed by atoms with Gasteiger partial charge < -0.3 is 19.8 Å². The van der Waals surface area contributed by atoms with Gasteiger partial charge in [0.1, 0.15) is 5.54 Å². The number of piperidine rings is 1. The third kappa shape index (κ3) is 8.16. The number of hydrogen-bond donors (Lipinski definition) is 2. The number of carbonyl (C=O) groups is 4. The lowest BCUT2D eigenvalue weighted by molar-refractivity contribution is -0.159. The van der Waals surface area contributed by atoms with E-state index in [0.717, 1.165) is 25.3 Å². The molecule has 1 amide bonds. The highest BCUT2D eigenvalue weighted by Crippen LogP contribution is 2.35. The predicted octanol–water partition coefficient (Wildman–Crippen LogP) is 3.17. The molecule has 9 nitrogen and oxygen atoms in total. The molecule has 1 heterocycles. The quantitative estimate of drug-likeness (QED) is 0.324. The number of rotatable bonds is 9. The van der Waals surface area contributed by atoms with Crippen LogP contribution >= 0.6 is 0 Å². The number of para-hydroxylation sites is 1. The number of unbranched alkanes of at least 4 members (excludes halogenated alkanes) is 3. The summed E-state index contributed by atoms with van der Waals surface area (Å²) in [6.07, 6.45) is 6.51. The Morgan fingerprint density at radius 1 is 0.970 bits per heavy atom. The first-order valence-corrected chi connectivity index (χ1v) is 11.4. The number of carboxylic acid groups (broad SMARTS) is 2. The number of amides is 1. The fourth-order valence-electron chi connectivity index (χ4n) is 3.98. The highest BCUT2D eigenvalue weighted by atomic mass is 16.5. The van der Waals surface area contributed by atoms with Crippen LogP contribution in [0.15, 0.2) is 30.3 Å². The molecule has 2 N–H and O–H groups in total. The number of methoxy groups -OCH3 is 1. The van der Waals surface area contributed by atoms with Crippen LogP contribution in [0.1, 0.15) is 58.8 Å². The molecular formula is C24H36N2O7. The molecule has 1 saturated heterocycles. The topological polar surface area (TPSA) is 124 Å². The van der Waals surface area contributed by atoms with Crippen molar-refractivity contribution in [1.82, 2.24) is 4.90 Å². The molecule has 0 radical (unpaired) electrons. The molecule has 1 aliphatic heterocycles. The van der Waals surface area contributed by atoms with E-state index in [1.807, 2.05) is 37.3 Å². The molecule has 0 bridgehead atoms. The van der Waals surface area contributed by atoms with E-state index in [4.69, 9.17) is 24.5 Å². The number of aliphatic carboxylic acids is 2. The largest absolute Gasteiger partial charge is 0.473 e. The Morgan fingerprint density at radius 3 is 2.00 bits per heavy atom. The zero-order valence-electron chi connectivity index (χ0n) is 19.8. The van der Waals surface area contributed by atoms with E-state index in [0.29, 0.717) is 19.3 Å². The first-order chi connectivity index (χ1) is 15.7. The van der Waals surface area contributed by atoms with Gasteiger partial charge in [0.05, 0.1) is 7.11 Å². The van der Waals surface area contributed by atoms with Crippen LogP contribution in [-0.4, -0.2) is 71.2 Å². The third-order valence-corrected chi connectivity index (χ3v) is 5.75. The Kier molecular flexibility index (Phi) is 12.1. The molecule has 0 spiro atoms. The molecule has 0 aromatic heterocycles. The molecule has 1 aliphatic rings. The van der Waals surface area contributed by atoms with Crippen LogP contribution in [0.4, 0.5) is 5.69 Å². The number of carboxylic acids is 2. The van der Waals surface area contributed by atoms with Crippen molar-refractivity contribution in [2.24, 2.45) is 0 Å². The predicted molar refractivity (Wildman–Crippen MR) is 124 cm³/mol. The van der Waals surface area contributed by atoms with Crippen molar-refractivity contribution in [3.63, 3.8) is 0 Å². The summed E-state index contributed by atoms with van der Waals surface area (Å²) in [5.41, 5.74) is -0.144. The maximum atomic E-state index is 12.9. The van der Waals surface area contributed by atoms with Crippen LogP contribution in [-0.2, 0) is 23.9 Å². The number of anilines is 1. The number of esters is 1. The molecule has 0 atom stereocenters. The Labute approximate surface area is 195 Å². The van der Waals surface area contributed by atoms with E-state index in [1.54, 1.807) is 4.90 Å². The first kappa shape index (κ1) is 28.1. The van der Waals surface area contributed by atoms with Crippen LogP contribution < -0.4 is 4.90 Å². The van der Waals surface area contributed by atoms with Crippen molar-refractivity contribution in [3.8, 4) is 0 Å². The minimum absolute atomic E-state index is 0.0389. The maximum absolute atomic E-state index is 12.9. The summed E-state index contributed by atoms with van der Waals surface area (Å²) in [4.78, 5) is 48.1. The van der Waals surface area contributed by atoms with Gasteiger partial charge in [-0.1, -0.05) is 51.3 Å². The third-order valence-electron chi connectivity index (χ3n) is 5.75. The standard InChI is InChI=1S/C22H34N2O3.C2H2O4/c1-4-6-7-11-16-23-17-14-22(15-18-23,21(26)27-3)24(20(25)5-2)19-12-9-8-10-13-19;3-1(4)2(5)6/h8-10,12-13H,4-7,11,14-18H2,1-3H3;(H,3,4)(H,5,6). The summed E-state index contributed by atoms with van der Waals surface area (Å²) in [7, 11) is 1.42. The fourth-order valence-corrected chi connectivity index (χ4v) is 3.98. The minimum atomic E-state index is -1.82. The van der Waals surface area contributed by atoms with Crippen molar-refractivity contribution in [2.75, 3.05) is 31.6 Å². The summed E-state index contributed by atoms with van der Waals surface area (Å²) >= 11 is 0. The number of likely N-dealkylation sites (tertiary alicyclic amines) is 1. The van der Waals surface area contributed by atoms with E-state index < -0.39 is 17.5 Å². The number of ether oxygens (including phenoxy) is 1. The van der Waals surface area contributed by atoms with Gasteiger partial charge in [-0.2, -0.15) is 0 Å². The van der Waals surface area contributed by atoms with Crippen molar-refractivity contribution < 1.29 is 34.1 Å².